The molecule has 0 atom stereocenters. The van der Waals surface area contributed by atoms with Gasteiger partial charge in [-0.15, -0.1) is 0 Å². The van der Waals surface area contributed by atoms with Crippen molar-refractivity contribution in [1.29, 1.82) is 0 Å². The van der Waals surface area contributed by atoms with Crippen LogP contribution in [-0.2, 0) is 4.43 Å². The van der Waals surface area contributed by atoms with Crippen LogP contribution in [-0.4, -0.2) is 15.5 Å². The highest BCUT2D eigenvalue weighted by Crippen LogP contribution is 2.29. The highest BCUT2D eigenvalue weighted by molar-refractivity contribution is 7.80. The van der Waals surface area contributed by atoms with Crippen LogP contribution in [0, 0.1) is 0 Å². The van der Waals surface area contributed by atoms with Gasteiger partial charge >= 0.3 is 10.5 Å². The molecular formula is C15H9OSSi. The van der Waals surface area contributed by atoms with E-state index in [9.17, 15) is 0 Å². The molecule has 85 valence electrons. The minimum Gasteiger partial charge on any atom is -0.533 e. The van der Waals surface area contributed by atoms with Gasteiger partial charge in [0, 0.05) is 5.56 Å². The molecule has 0 saturated heterocycles. The molecule has 1 nitrogen and oxygen atoms in total. The maximum absolute atomic E-state index is 5.24. The molecule has 0 amide bonds. The SMILES string of the molecule is [Si]OC(=S)c1cc2ccccc2c2ccccc12. The van der Waals surface area contributed by atoms with E-state index in [0.717, 1.165) is 16.3 Å². The molecule has 0 bridgehead atoms. The van der Waals surface area contributed by atoms with E-state index in [-0.39, 0.29) is 0 Å². The van der Waals surface area contributed by atoms with Gasteiger partial charge in [0.1, 0.15) is 0 Å². The van der Waals surface area contributed by atoms with Crippen molar-refractivity contribution < 1.29 is 4.43 Å². The lowest BCUT2D eigenvalue weighted by Crippen LogP contribution is -2.01. The maximum atomic E-state index is 5.24. The Kier molecular flexibility index (Phi) is 2.86. The Labute approximate surface area is 114 Å². The largest absolute Gasteiger partial charge is 0.533 e. The molecule has 0 unspecified atom stereocenters. The monoisotopic (exact) mass is 265 g/mol. The van der Waals surface area contributed by atoms with Crippen molar-refractivity contribution in [2.24, 2.45) is 0 Å². The zero-order valence-corrected chi connectivity index (χ0v) is 11.3. The quantitative estimate of drug-likeness (QED) is 0.376. The van der Waals surface area contributed by atoms with E-state index in [2.05, 4.69) is 40.8 Å². The second-order valence-electron chi connectivity index (χ2n) is 4.08. The minimum absolute atomic E-state index is 0.452. The second kappa shape index (κ2) is 4.52. The van der Waals surface area contributed by atoms with Crippen LogP contribution in [0.4, 0.5) is 0 Å². The highest BCUT2D eigenvalue weighted by atomic mass is 32.1. The predicted molar refractivity (Wildman–Crippen MR) is 80.0 cm³/mol. The molecule has 0 aliphatic heterocycles. The number of benzene rings is 3. The molecule has 0 heterocycles. The zero-order valence-electron chi connectivity index (χ0n) is 9.51. The minimum atomic E-state index is 0.452. The average molecular weight is 265 g/mol. The molecule has 3 aromatic rings. The van der Waals surface area contributed by atoms with Gasteiger partial charge in [0.05, 0.1) is 0 Å². The summed E-state index contributed by atoms with van der Waals surface area (Å²) in [6.07, 6.45) is 0. The molecule has 3 rings (SSSR count). The molecule has 3 radical (unpaired) electrons. The van der Waals surface area contributed by atoms with Crippen LogP contribution in [0.1, 0.15) is 5.56 Å². The third-order valence-electron chi connectivity index (χ3n) is 3.08. The van der Waals surface area contributed by atoms with E-state index in [0.29, 0.717) is 5.05 Å². The first kappa shape index (κ1) is 11.4. The first-order valence-corrected chi connectivity index (χ1v) is 6.41. The third kappa shape index (κ3) is 1.72. The Morgan fingerprint density at radius 2 is 1.50 bits per heavy atom. The van der Waals surface area contributed by atoms with Crippen molar-refractivity contribution in [3.05, 3.63) is 60.2 Å². The van der Waals surface area contributed by atoms with Crippen molar-refractivity contribution in [2.45, 2.75) is 0 Å². The summed E-state index contributed by atoms with van der Waals surface area (Å²) in [5.74, 6) is 0. The highest BCUT2D eigenvalue weighted by Gasteiger charge is 2.09. The smallest absolute Gasteiger partial charge is 0.342 e. The number of thiocarbonyl (C=S) groups is 1. The molecule has 0 N–H and O–H groups in total. The fraction of sp³-hybridized carbons (Fsp3) is 0. The Balaban J connectivity index is 2.50. The molecule has 3 heteroatoms. The van der Waals surface area contributed by atoms with Crippen molar-refractivity contribution >= 4 is 49.3 Å². The topological polar surface area (TPSA) is 9.23 Å². The number of fused-ring (bicyclic) bond motifs is 3. The van der Waals surface area contributed by atoms with Crippen LogP contribution in [0.2, 0.25) is 0 Å². The first-order valence-electron chi connectivity index (χ1n) is 5.59. The average Bonchev–Trinajstić information content (AvgIpc) is 2.45. The second-order valence-corrected chi connectivity index (χ2v) is 4.66. The van der Waals surface area contributed by atoms with Crippen LogP contribution < -0.4 is 0 Å². The molecule has 18 heavy (non-hydrogen) atoms. The van der Waals surface area contributed by atoms with Gasteiger partial charge < -0.3 is 4.43 Å². The summed E-state index contributed by atoms with van der Waals surface area (Å²) in [5, 5.41) is 5.15. The molecule has 0 aromatic heterocycles. The van der Waals surface area contributed by atoms with Crippen molar-refractivity contribution in [3.8, 4) is 0 Å². The fourth-order valence-corrected chi connectivity index (χ4v) is 2.56. The van der Waals surface area contributed by atoms with Gasteiger partial charge in [-0.25, -0.2) is 0 Å². The van der Waals surface area contributed by atoms with E-state index in [4.69, 9.17) is 16.6 Å². The van der Waals surface area contributed by atoms with Gasteiger partial charge in [-0.2, -0.15) is 0 Å². The Bertz CT molecular complexity index is 752. The number of hydrogen-bond acceptors (Lipinski definition) is 2. The summed E-state index contributed by atoms with van der Waals surface area (Å²) in [4.78, 5) is 0. The van der Waals surface area contributed by atoms with Gasteiger partial charge in [-0.3, -0.25) is 0 Å². The van der Waals surface area contributed by atoms with Crippen molar-refractivity contribution in [3.63, 3.8) is 0 Å². The molecule has 3 aromatic carbocycles. The predicted octanol–water partition coefficient (Wildman–Crippen LogP) is 3.77. The zero-order chi connectivity index (χ0) is 12.5. The standard InChI is InChI=1S/C15H9OSSi/c17-15(16-18)14-9-10-5-1-2-6-11(10)12-7-3-4-8-13(12)14/h1-9H. The molecule has 0 fully saturated rings. The van der Waals surface area contributed by atoms with Crippen molar-refractivity contribution in [1.82, 2.24) is 0 Å². The third-order valence-corrected chi connectivity index (χ3v) is 3.74. The molecule has 0 aliphatic rings. The van der Waals surface area contributed by atoms with E-state index in [1.54, 1.807) is 0 Å². The van der Waals surface area contributed by atoms with Crippen molar-refractivity contribution in [2.75, 3.05) is 0 Å². The van der Waals surface area contributed by atoms with Crippen LogP contribution >= 0.6 is 12.2 Å². The van der Waals surface area contributed by atoms with Gasteiger partial charge in [-0.1, -0.05) is 48.5 Å². The Morgan fingerprint density at radius 1 is 0.889 bits per heavy atom. The van der Waals surface area contributed by atoms with E-state index in [1.807, 2.05) is 24.3 Å². The summed E-state index contributed by atoms with van der Waals surface area (Å²) in [6, 6.07) is 18.6. The van der Waals surface area contributed by atoms with E-state index >= 15 is 0 Å². The van der Waals surface area contributed by atoms with Gasteiger partial charge in [-0.05, 0) is 39.8 Å². The van der Waals surface area contributed by atoms with Crippen LogP contribution in [0.3, 0.4) is 0 Å². The van der Waals surface area contributed by atoms with E-state index in [1.165, 1.54) is 10.8 Å². The van der Waals surface area contributed by atoms with Gasteiger partial charge in [0.25, 0.3) is 0 Å². The fourth-order valence-electron chi connectivity index (χ4n) is 2.28. The van der Waals surface area contributed by atoms with Gasteiger partial charge in [0.2, 0.25) is 0 Å². The van der Waals surface area contributed by atoms with Gasteiger partial charge in [0.15, 0.2) is 5.05 Å². The summed E-state index contributed by atoms with van der Waals surface area (Å²) >= 11 is 5.24. The lowest BCUT2D eigenvalue weighted by molar-refractivity contribution is 0.633. The Hall–Kier alpha value is -1.71. The maximum Gasteiger partial charge on any atom is 0.342 e. The van der Waals surface area contributed by atoms with Crippen LogP contribution in [0.25, 0.3) is 21.5 Å². The summed E-state index contributed by atoms with van der Waals surface area (Å²) in [5.41, 5.74) is 0.939. The Morgan fingerprint density at radius 3 is 2.22 bits per heavy atom. The van der Waals surface area contributed by atoms with Crippen LogP contribution in [0.15, 0.2) is 54.6 Å². The number of hydrogen-bond donors (Lipinski definition) is 0. The molecule has 0 saturated carbocycles. The number of rotatable bonds is 1. The van der Waals surface area contributed by atoms with Crippen LogP contribution in [0.5, 0.6) is 0 Å². The summed E-state index contributed by atoms with van der Waals surface area (Å²) < 4.78 is 5.03. The summed E-state index contributed by atoms with van der Waals surface area (Å²) in [6.45, 7) is 0. The lowest BCUT2D eigenvalue weighted by atomic mass is 9.98. The van der Waals surface area contributed by atoms with E-state index < -0.39 is 0 Å². The molecular weight excluding hydrogens is 256 g/mol. The molecule has 0 spiro atoms. The first-order chi connectivity index (χ1) is 8.81. The summed E-state index contributed by atoms with van der Waals surface area (Å²) in [7, 11) is 3.01. The normalized spacial score (nSPS) is 10.7. The lowest BCUT2D eigenvalue weighted by Gasteiger charge is -2.10. The molecule has 0 aliphatic carbocycles.